The first kappa shape index (κ1) is 19.2. The molecule has 0 spiro atoms. The molecule has 0 aliphatic carbocycles. The van der Waals surface area contributed by atoms with E-state index < -0.39 is 47.2 Å². The lowest BCUT2D eigenvalue weighted by Gasteiger charge is -2.03. The summed E-state index contributed by atoms with van der Waals surface area (Å²) in [4.78, 5) is 3.51. The van der Waals surface area contributed by atoms with Crippen LogP contribution >= 0.6 is 0 Å². The normalized spacial score (nSPS) is 12.3. The first-order valence-electron chi connectivity index (χ1n) is 7.65. The Kier molecular flexibility index (Phi) is 4.87. The highest BCUT2D eigenvalue weighted by Gasteiger charge is 2.34. The van der Waals surface area contributed by atoms with Crippen molar-refractivity contribution in [2.75, 3.05) is 5.75 Å². The summed E-state index contributed by atoms with van der Waals surface area (Å²) in [6.07, 6.45) is 0. The first-order valence-corrected chi connectivity index (χ1v) is 10.8. The summed E-state index contributed by atoms with van der Waals surface area (Å²) < 4.78 is 81.8. The van der Waals surface area contributed by atoms with Crippen molar-refractivity contribution in [1.82, 2.24) is 4.98 Å². The quantitative estimate of drug-likeness (QED) is 0.596. The van der Waals surface area contributed by atoms with Gasteiger partial charge >= 0.3 is 0 Å². The molecule has 1 aromatic heterocycles. The van der Waals surface area contributed by atoms with Crippen molar-refractivity contribution in [3.63, 3.8) is 0 Å². The Morgan fingerprint density at radius 2 is 1.41 bits per heavy atom. The number of rotatable bonds is 5. The number of aromatic nitrogens is 1. The summed E-state index contributed by atoms with van der Waals surface area (Å²) >= 11 is 0. The van der Waals surface area contributed by atoms with Gasteiger partial charge in [-0.25, -0.2) is 25.6 Å². The highest BCUT2D eigenvalue weighted by molar-refractivity contribution is 7.94. The van der Waals surface area contributed by atoms with Crippen LogP contribution in [0.15, 0.2) is 68.0 Å². The van der Waals surface area contributed by atoms with Gasteiger partial charge in [-0.2, -0.15) is 4.98 Å². The molecule has 3 rings (SSSR count). The van der Waals surface area contributed by atoms with Crippen molar-refractivity contribution < 1.29 is 30.0 Å². The zero-order valence-corrected chi connectivity index (χ0v) is 15.5. The van der Waals surface area contributed by atoms with Gasteiger partial charge in [0, 0.05) is 5.56 Å². The van der Waals surface area contributed by atoms with E-state index in [0.717, 1.165) is 36.4 Å². The Hall–Kier alpha value is -2.59. The molecular formula is C17H13F2NO5S2. The summed E-state index contributed by atoms with van der Waals surface area (Å²) in [5.74, 6) is -1.90. The smallest absolute Gasteiger partial charge is 0.258 e. The number of oxazole rings is 1. The molecule has 10 heteroatoms. The van der Waals surface area contributed by atoms with Crippen molar-refractivity contribution in [2.45, 2.75) is 21.9 Å². The Bertz CT molecular complexity index is 1180. The third-order valence-corrected chi connectivity index (χ3v) is 7.11. The maximum Gasteiger partial charge on any atom is 0.258 e. The first-order chi connectivity index (χ1) is 12.6. The lowest BCUT2D eigenvalue weighted by molar-refractivity contribution is 0.445. The molecule has 0 saturated carbocycles. The Labute approximate surface area is 154 Å². The van der Waals surface area contributed by atoms with Crippen LogP contribution in [-0.2, 0) is 19.7 Å². The second-order valence-electron chi connectivity index (χ2n) is 5.48. The van der Waals surface area contributed by atoms with Crippen molar-refractivity contribution in [3.8, 4) is 11.5 Å². The van der Waals surface area contributed by atoms with Gasteiger partial charge in [0.2, 0.25) is 30.6 Å². The van der Waals surface area contributed by atoms with Crippen LogP contribution < -0.4 is 0 Å². The maximum absolute atomic E-state index is 13.1. The van der Waals surface area contributed by atoms with E-state index in [-0.39, 0.29) is 16.3 Å². The molecule has 3 aromatic rings. The molecule has 1 heterocycles. The highest BCUT2D eigenvalue weighted by atomic mass is 32.2. The molecule has 0 atom stereocenters. The Morgan fingerprint density at radius 3 is 1.93 bits per heavy atom. The largest absolute Gasteiger partial charge is 0.423 e. The lowest BCUT2D eigenvalue weighted by Crippen LogP contribution is -2.11. The minimum absolute atomic E-state index is 0.199. The minimum atomic E-state index is -4.40. The monoisotopic (exact) mass is 413 g/mol. The van der Waals surface area contributed by atoms with E-state index in [0.29, 0.717) is 0 Å². The van der Waals surface area contributed by atoms with Crippen LogP contribution in [0.25, 0.3) is 11.5 Å². The lowest BCUT2D eigenvalue weighted by atomic mass is 10.2. The fourth-order valence-electron chi connectivity index (χ4n) is 2.23. The molecule has 0 aliphatic rings. The van der Waals surface area contributed by atoms with Gasteiger partial charge in [0.1, 0.15) is 11.6 Å². The van der Waals surface area contributed by atoms with E-state index in [2.05, 4.69) is 4.98 Å². The number of nitrogens with zero attached hydrogens (tertiary/aromatic N) is 1. The number of halogens is 2. The molecule has 6 nitrogen and oxygen atoms in total. The van der Waals surface area contributed by atoms with Gasteiger partial charge in [-0.3, -0.25) is 0 Å². The molecule has 0 radical (unpaired) electrons. The van der Waals surface area contributed by atoms with Crippen LogP contribution in [-0.4, -0.2) is 27.6 Å². The van der Waals surface area contributed by atoms with Gasteiger partial charge in [-0.15, -0.1) is 0 Å². The molecule has 0 fully saturated rings. The second-order valence-corrected chi connectivity index (χ2v) is 9.52. The second kappa shape index (κ2) is 6.86. The van der Waals surface area contributed by atoms with Crippen molar-refractivity contribution in [2.24, 2.45) is 0 Å². The third kappa shape index (κ3) is 3.62. The predicted octanol–water partition coefficient (Wildman–Crippen LogP) is 3.25. The fourth-order valence-corrected chi connectivity index (χ4v) is 4.90. The third-order valence-electron chi connectivity index (χ3n) is 3.70. The van der Waals surface area contributed by atoms with Gasteiger partial charge < -0.3 is 4.42 Å². The molecule has 0 bridgehead atoms. The fraction of sp³-hybridized carbons (Fsp3) is 0.118. The van der Waals surface area contributed by atoms with Crippen LogP contribution in [0.5, 0.6) is 0 Å². The molecule has 0 N–H and O–H groups in total. The van der Waals surface area contributed by atoms with Crippen molar-refractivity contribution >= 4 is 19.7 Å². The molecule has 0 aliphatic heterocycles. The topological polar surface area (TPSA) is 94.3 Å². The molecule has 142 valence electrons. The van der Waals surface area contributed by atoms with E-state index in [1.165, 1.54) is 19.1 Å². The van der Waals surface area contributed by atoms with Gasteiger partial charge in [-0.05, 0) is 48.5 Å². The molecule has 2 aromatic carbocycles. The highest BCUT2D eigenvalue weighted by Crippen LogP contribution is 2.32. The summed E-state index contributed by atoms with van der Waals surface area (Å²) in [5.41, 5.74) is 0.199. The van der Waals surface area contributed by atoms with E-state index >= 15 is 0 Å². The summed E-state index contributed by atoms with van der Waals surface area (Å²) in [5, 5.41) is -1.61. The standard InChI is InChI=1S/C17H13F2NO5S2/c1-2-26(21,22)17-16(27(23,24)14-9-7-13(19)8-10-14)20-15(25-17)11-3-5-12(18)6-4-11/h3-10H,2H2,1H3. The van der Waals surface area contributed by atoms with Gasteiger partial charge in [0.05, 0.1) is 10.6 Å². The van der Waals surface area contributed by atoms with Crippen LogP contribution in [0.1, 0.15) is 6.92 Å². The van der Waals surface area contributed by atoms with E-state index in [1.54, 1.807) is 0 Å². The van der Waals surface area contributed by atoms with Crippen LogP contribution in [0.4, 0.5) is 8.78 Å². The molecule has 0 amide bonds. The van der Waals surface area contributed by atoms with Crippen LogP contribution in [0.2, 0.25) is 0 Å². The number of hydrogen-bond donors (Lipinski definition) is 0. The molecule has 0 saturated heterocycles. The van der Waals surface area contributed by atoms with Gasteiger partial charge in [-0.1, -0.05) is 6.92 Å². The minimum Gasteiger partial charge on any atom is -0.423 e. The zero-order valence-electron chi connectivity index (χ0n) is 13.9. The average Bonchev–Trinajstić information content (AvgIpc) is 3.10. The molecule has 27 heavy (non-hydrogen) atoms. The maximum atomic E-state index is 13.1. The van der Waals surface area contributed by atoms with Crippen LogP contribution in [0.3, 0.4) is 0 Å². The summed E-state index contributed by atoms with van der Waals surface area (Å²) in [7, 11) is -8.48. The van der Waals surface area contributed by atoms with E-state index in [4.69, 9.17) is 4.42 Å². The van der Waals surface area contributed by atoms with Crippen molar-refractivity contribution in [3.05, 3.63) is 60.2 Å². The molecular weight excluding hydrogens is 400 g/mol. The van der Waals surface area contributed by atoms with E-state index in [9.17, 15) is 25.6 Å². The zero-order chi connectivity index (χ0) is 19.8. The molecule has 0 unspecified atom stereocenters. The van der Waals surface area contributed by atoms with Gasteiger partial charge in [0.15, 0.2) is 0 Å². The Morgan fingerprint density at radius 1 is 0.889 bits per heavy atom. The number of hydrogen-bond acceptors (Lipinski definition) is 6. The Balaban J connectivity index is 2.24. The van der Waals surface area contributed by atoms with Gasteiger partial charge in [0.25, 0.3) is 5.09 Å². The summed E-state index contributed by atoms with van der Waals surface area (Å²) in [6.45, 7) is 1.32. The van der Waals surface area contributed by atoms with E-state index in [1.807, 2.05) is 0 Å². The van der Waals surface area contributed by atoms with Crippen molar-refractivity contribution in [1.29, 1.82) is 0 Å². The van der Waals surface area contributed by atoms with Crippen LogP contribution in [0, 0.1) is 11.6 Å². The predicted molar refractivity (Wildman–Crippen MR) is 91.5 cm³/mol. The number of sulfone groups is 2. The summed E-state index contributed by atoms with van der Waals surface area (Å²) in [6, 6.07) is 8.61. The number of benzene rings is 2. The average molecular weight is 413 g/mol. The SMILES string of the molecule is CCS(=O)(=O)c1oc(-c2ccc(F)cc2)nc1S(=O)(=O)c1ccc(F)cc1.